The van der Waals surface area contributed by atoms with E-state index in [4.69, 9.17) is 9.47 Å². The Labute approximate surface area is 222 Å². The van der Waals surface area contributed by atoms with E-state index in [9.17, 15) is 4.79 Å². The van der Waals surface area contributed by atoms with Gasteiger partial charge in [0.2, 0.25) is 6.79 Å². The second kappa shape index (κ2) is 10.2. The molecule has 4 aromatic rings. The molecule has 0 bridgehead atoms. The Morgan fingerprint density at radius 3 is 2.58 bits per heavy atom. The maximum atomic E-state index is 13.3. The molecule has 200 valence electrons. The third-order valence-electron chi connectivity index (χ3n) is 7.79. The van der Waals surface area contributed by atoms with Gasteiger partial charge in [0.1, 0.15) is 0 Å². The third kappa shape index (κ3) is 4.90. The average molecular weight is 517 g/mol. The van der Waals surface area contributed by atoms with Crippen LogP contribution in [0, 0.1) is 13.8 Å². The Balaban J connectivity index is 1.57. The lowest BCUT2D eigenvalue weighted by Gasteiger charge is -2.33. The van der Waals surface area contributed by atoms with E-state index < -0.39 is 0 Å². The quantitative estimate of drug-likeness (QED) is 0.328. The van der Waals surface area contributed by atoms with Crippen LogP contribution in [0.15, 0.2) is 41.2 Å². The smallest absolute Gasteiger partial charge is 0.252 e. The maximum Gasteiger partial charge on any atom is 0.252 e. The number of benzene rings is 2. The number of aromatic amines is 1. The summed E-state index contributed by atoms with van der Waals surface area (Å²) in [6, 6.07) is 12.1. The second-order valence-corrected chi connectivity index (χ2v) is 10.8. The molecule has 5 rings (SSSR count). The molecule has 0 aliphatic carbocycles. The van der Waals surface area contributed by atoms with Gasteiger partial charge in [-0.1, -0.05) is 19.9 Å². The van der Waals surface area contributed by atoms with Crippen LogP contribution in [0.2, 0.25) is 0 Å². The largest absolute Gasteiger partial charge is 0.454 e. The average Bonchev–Trinajstić information content (AvgIpc) is 3.56. The number of H-pyrrole nitrogens is 1. The number of pyridine rings is 1. The van der Waals surface area contributed by atoms with Gasteiger partial charge in [-0.25, -0.2) is 4.68 Å². The Bertz CT molecular complexity index is 1520. The number of aromatic nitrogens is 5. The molecule has 2 aromatic carbocycles. The number of aryl methyl sites for hydroxylation is 2. The molecule has 9 heteroatoms. The summed E-state index contributed by atoms with van der Waals surface area (Å²) in [5.74, 6) is 2.28. The zero-order valence-corrected chi connectivity index (χ0v) is 23.0. The van der Waals surface area contributed by atoms with Crippen molar-refractivity contribution in [1.29, 1.82) is 0 Å². The topological polar surface area (TPSA) is 98.2 Å². The van der Waals surface area contributed by atoms with E-state index in [1.165, 1.54) is 5.56 Å². The van der Waals surface area contributed by atoms with Crippen LogP contribution < -0.4 is 15.0 Å². The minimum absolute atomic E-state index is 0.0835. The molecule has 0 amide bonds. The first kappa shape index (κ1) is 25.9. The molecule has 0 unspecified atom stereocenters. The Hall–Kier alpha value is -3.72. The van der Waals surface area contributed by atoms with E-state index in [-0.39, 0.29) is 23.9 Å². The summed E-state index contributed by atoms with van der Waals surface area (Å²) in [5, 5.41) is 13.9. The summed E-state index contributed by atoms with van der Waals surface area (Å²) in [6.45, 7) is 13.9. The zero-order chi connectivity index (χ0) is 27.0. The van der Waals surface area contributed by atoms with Crippen molar-refractivity contribution in [2.24, 2.45) is 0 Å². The van der Waals surface area contributed by atoms with E-state index in [0.29, 0.717) is 18.7 Å². The van der Waals surface area contributed by atoms with E-state index in [1.807, 2.05) is 35.0 Å². The Morgan fingerprint density at radius 2 is 1.82 bits per heavy atom. The fourth-order valence-electron chi connectivity index (χ4n) is 5.00. The molecule has 2 aromatic heterocycles. The zero-order valence-electron chi connectivity index (χ0n) is 23.0. The first-order chi connectivity index (χ1) is 18.2. The molecular weight excluding hydrogens is 480 g/mol. The number of ether oxygens (including phenoxy) is 2. The SMILES string of the molecule is CC[C@H](c1nnnn1C(C)(C)CC)N(Cc1ccc2c(c1)OCO2)Cc1cc2cc(C)c(C)cc2[nH]c1=O. The van der Waals surface area contributed by atoms with Gasteiger partial charge in [0, 0.05) is 24.2 Å². The van der Waals surface area contributed by atoms with Crippen molar-refractivity contribution in [2.75, 3.05) is 6.79 Å². The van der Waals surface area contributed by atoms with Gasteiger partial charge in [0.05, 0.1) is 11.6 Å². The van der Waals surface area contributed by atoms with Gasteiger partial charge in [-0.2, -0.15) is 0 Å². The van der Waals surface area contributed by atoms with Gasteiger partial charge < -0.3 is 14.5 Å². The lowest BCUT2D eigenvalue weighted by Crippen LogP contribution is -2.36. The minimum Gasteiger partial charge on any atom is -0.454 e. The summed E-state index contributed by atoms with van der Waals surface area (Å²) < 4.78 is 13.1. The van der Waals surface area contributed by atoms with Gasteiger partial charge in [-0.15, -0.1) is 5.10 Å². The van der Waals surface area contributed by atoms with Gasteiger partial charge in [-0.3, -0.25) is 9.69 Å². The Morgan fingerprint density at radius 1 is 1.05 bits per heavy atom. The highest BCUT2D eigenvalue weighted by atomic mass is 16.7. The van der Waals surface area contributed by atoms with Crippen molar-refractivity contribution in [3.05, 3.63) is 74.8 Å². The maximum absolute atomic E-state index is 13.3. The minimum atomic E-state index is -0.244. The van der Waals surface area contributed by atoms with Crippen LogP contribution in [-0.2, 0) is 18.6 Å². The summed E-state index contributed by atoms with van der Waals surface area (Å²) in [4.78, 5) is 18.7. The first-order valence-corrected chi connectivity index (χ1v) is 13.2. The first-order valence-electron chi connectivity index (χ1n) is 13.2. The van der Waals surface area contributed by atoms with Gasteiger partial charge >= 0.3 is 0 Å². The fourth-order valence-corrected chi connectivity index (χ4v) is 5.00. The van der Waals surface area contributed by atoms with Crippen molar-refractivity contribution < 1.29 is 9.47 Å². The predicted molar refractivity (Wildman–Crippen MR) is 146 cm³/mol. The van der Waals surface area contributed by atoms with Gasteiger partial charge in [0.15, 0.2) is 17.3 Å². The summed E-state index contributed by atoms with van der Waals surface area (Å²) in [6.07, 6.45) is 1.65. The molecule has 0 radical (unpaired) electrons. The molecular formula is C29H36N6O3. The normalized spacial score (nSPS) is 14.0. The molecule has 9 nitrogen and oxygen atoms in total. The van der Waals surface area contributed by atoms with Crippen molar-refractivity contribution >= 4 is 10.9 Å². The van der Waals surface area contributed by atoms with Crippen molar-refractivity contribution in [2.45, 2.75) is 79.1 Å². The number of rotatable bonds is 9. The Kier molecular flexibility index (Phi) is 6.96. The van der Waals surface area contributed by atoms with Crippen LogP contribution in [0.1, 0.15) is 74.7 Å². The highest BCUT2D eigenvalue weighted by Crippen LogP contribution is 2.35. The molecule has 0 saturated carbocycles. The van der Waals surface area contributed by atoms with Crippen molar-refractivity contribution in [3.63, 3.8) is 0 Å². The highest BCUT2D eigenvalue weighted by molar-refractivity contribution is 5.80. The van der Waals surface area contributed by atoms with Crippen LogP contribution in [-0.4, -0.2) is 36.9 Å². The molecule has 1 atom stereocenters. The third-order valence-corrected chi connectivity index (χ3v) is 7.79. The number of tetrazole rings is 1. The molecule has 1 aliphatic heterocycles. The molecule has 1 N–H and O–H groups in total. The molecule has 0 spiro atoms. The molecule has 0 fully saturated rings. The molecule has 0 saturated heterocycles. The summed E-state index contributed by atoms with van der Waals surface area (Å²) in [5.41, 5.74) is 4.64. The second-order valence-electron chi connectivity index (χ2n) is 10.8. The van der Waals surface area contributed by atoms with E-state index in [0.717, 1.165) is 52.2 Å². The van der Waals surface area contributed by atoms with Crippen molar-refractivity contribution in [3.8, 4) is 11.5 Å². The van der Waals surface area contributed by atoms with Crippen molar-refractivity contribution in [1.82, 2.24) is 30.1 Å². The molecule has 3 heterocycles. The number of nitrogens with one attached hydrogen (secondary N) is 1. The molecule has 1 aliphatic rings. The highest BCUT2D eigenvalue weighted by Gasteiger charge is 2.31. The lowest BCUT2D eigenvalue weighted by molar-refractivity contribution is 0.150. The molecule has 38 heavy (non-hydrogen) atoms. The summed E-state index contributed by atoms with van der Waals surface area (Å²) in [7, 11) is 0. The number of nitrogens with zero attached hydrogens (tertiary/aromatic N) is 5. The standard InChI is InChI=1S/C29H36N6O3/c1-7-24(27-31-32-33-35(27)29(5,6)8-2)34(15-20-9-10-25-26(13-20)38-17-37-25)16-22-14-21-11-18(3)19(4)12-23(21)30-28(22)36/h9-14,24H,7-8,15-17H2,1-6H3,(H,30,36)/t24-/m1/s1. The van der Waals surface area contributed by atoms with Crippen LogP contribution >= 0.6 is 0 Å². The van der Waals surface area contributed by atoms with Gasteiger partial charge in [-0.05, 0) is 103 Å². The predicted octanol–water partition coefficient (Wildman–Crippen LogP) is 5.16. The lowest BCUT2D eigenvalue weighted by atomic mass is 10.0. The summed E-state index contributed by atoms with van der Waals surface area (Å²) >= 11 is 0. The van der Waals surface area contributed by atoms with Crippen LogP contribution in [0.25, 0.3) is 10.9 Å². The number of hydrogen-bond donors (Lipinski definition) is 1. The van der Waals surface area contributed by atoms with E-state index in [2.05, 4.69) is 73.0 Å². The van der Waals surface area contributed by atoms with Crippen LogP contribution in [0.3, 0.4) is 0 Å². The fraction of sp³-hybridized carbons (Fsp3) is 0.448. The monoisotopic (exact) mass is 516 g/mol. The van der Waals surface area contributed by atoms with Gasteiger partial charge in [0.25, 0.3) is 5.56 Å². The van der Waals surface area contributed by atoms with E-state index >= 15 is 0 Å². The number of fused-ring (bicyclic) bond motifs is 2. The van der Waals surface area contributed by atoms with Crippen LogP contribution in [0.5, 0.6) is 11.5 Å². The van der Waals surface area contributed by atoms with E-state index in [1.54, 1.807) is 0 Å². The number of hydrogen-bond acceptors (Lipinski definition) is 7. The van der Waals surface area contributed by atoms with Crippen LogP contribution in [0.4, 0.5) is 0 Å².